The van der Waals surface area contributed by atoms with E-state index in [4.69, 9.17) is 9.52 Å². The number of aromatic carboxylic acids is 1. The first-order chi connectivity index (χ1) is 10.6. The Morgan fingerprint density at radius 3 is 2.41 bits per heavy atom. The van der Waals surface area contributed by atoms with Crippen molar-refractivity contribution in [1.82, 2.24) is 0 Å². The van der Waals surface area contributed by atoms with Gasteiger partial charge < -0.3 is 9.52 Å². The smallest absolute Gasteiger partial charge is 0.371 e. The third kappa shape index (κ3) is 2.81. The molecule has 1 N–H and O–H groups in total. The predicted molar refractivity (Wildman–Crippen MR) is 84.8 cm³/mol. The monoisotopic (exact) mass is 292 g/mol. The van der Waals surface area contributed by atoms with Crippen molar-refractivity contribution in [2.45, 2.75) is 0 Å². The van der Waals surface area contributed by atoms with Gasteiger partial charge >= 0.3 is 5.97 Å². The molecule has 3 aromatic rings. The van der Waals surface area contributed by atoms with Crippen molar-refractivity contribution < 1.29 is 14.3 Å². The SMILES string of the molecule is O=C(O)c1cc(=O)c2cc(/C=C/c3ccccc3)ccc2o1. The lowest BCUT2D eigenvalue weighted by atomic mass is 10.1. The van der Waals surface area contributed by atoms with Gasteiger partial charge in [-0.25, -0.2) is 4.79 Å². The van der Waals surface area contributed by atoms with Crippen molar-refractivity contribution in [1.29, 1.82) is 0 Å². The Hall–Kier alpha value is -3.14. The number of carboxylic acid groups (broad SMARTS) is 1. The molecule has 0 fully saturated rings. The zero-order valence-corrected chi connectivity index (χ0v) is 11.5. The maximum Gasteiger partial charge on any atom is 0.371 e. The Labute approximate surface area is 125 Å². The Balaban J connectivity index is 2.02. The highest BCUT2D eigenvalue weighted by molar-refractivity contribution is 5.88. The fourth-order valence-electron chi connectivity index (χ4n) is 2.14. The molecule has 1 aromatic heterocycles. The molecule has 0 amide bonds. The van der Waals surface area contributed by atoms with Gasteiger partial charge in [-0.15, -0.1) is 0 Å². The topological polar surface area (TPSA) is 67.5 Å². The molecular formula is C18H12O4. The third-order valence-electron chi connectivity index (χ3n) is 3.23. The number of rotatable bonds is 3. The highest BCUT2D eigenvalue weighted by Crippen LogP contribution is 2.16. The minimum Gasteiger partial charge on any atom is -0.475 e. The van der Waals surface area contributed by atoms with Crippen LogP contribution in [0.2, 0.25) is 0 Å². The van der Waals surface area contributed by atoms with Gasteiger partial charge in [0.15, 0.2) is 5.43 Å². The second-order valence-corrected chi connectivity index (χ2v) is 4.78. The zero-order valence-electron chi connectivity index (χ0n) is 11.5. The lowest BCUT2D eigenvalue weighted by Gasteiger charge is -2.00. The summed E-state index contributed by atoms with van der Waals surface area (Å²) >= 11 is 0. The van der Waals surface area contributed by atoms with Crippen LogP contribution in [0.1, 0.15) is 21.7 Å². The fraction of sp³-hybridized carbons (Fsp3) is 0. The minimum atomic E-state index is -1.26. The van der Waals surface area contributed by atoms with Crippen LogP contribution in [-0.2, 0) is 0 Å². The standard InChI is InChI=1S/C18H12O4/c19-15-11-17(18(20)21)22-16-9-8-13(10-14(15)16)7-6-12-4-2-1-3-5-12/h1-11H,(H,20,21)/b7-6+. The van der Waals surface area contributed by atoms with E-state index in [-0.39, 0.29) is 16.8 Å². The second-order valence-electron chi connectivity index (χ2n) is 4.78. The second kappa shape index (κ2) is 5.69. The highest BCUT2D eigenvalue weighted by atomic mass is 16.4. The Kier molecular flexibility index (Phi) is 3.58. The van der Waals surface area contributed by atoms with Crippen LogP contribution in [0, 0.1) is 0 Å². The first-order valence-electron chi connectivity index (χ1n) is 6.68. The summed E-state index contributed by atoms with van der Waals surface area (Å²) in [5.41, 5.74) is 1.79. The minimum absolute atomic E-state index is 0.266. The summed E-state index contributed by atoms with van der Waals surface area (Å²) in [7, 11) is 0. The predicted octanol–water partition coefficient (Wildman–Crippen LogP) is 3.66. The molecule has 1 heterocycles. The summed E-state index contributed by atoms with van der Waals surface area (Å²) in [6.45, 7) is 0. The molecule has 0 unspecified atom stereocenters. The van der Waals surface area contributed by atoms with Crippen molar-refractivity contribution in [3.05, 3.63) is 81.7 Å². The van der Waals surface area contributed by atoms with Gasteiger partial charge in [-0.3, -0.25) is 4.79 Å². The van der Waals surface area contributed by atoms with Gasteiger partial charge in [-0.1, -0.05) is 48.6 Å². The summed E-state index contributed by atoms with van der Waals surface area (Å²) < 4.78 is 5.20. The van der Waals surface area contributed by atoms with E-state index < -0.39 is 5.97 Å². The van der Waals surface area contributed by atoms with Crippen molar-refractivity contribution >= 4 is 29.1 Å². The summed E-state index contributed by atoms with van der Waals surface area (Å²) in [5.74, 6) is -1.61. The Bertz CT molecular complexity index is 921. The zero-order chi connectivity index (χ0) is 15.5. The fourth-order valence-corrected chi connectivity index (χ4v) is 2.14. The summed E-state index contributed by atoms with van der Waals surface area (Å²) in [6, 6.07) is 15.9. The van der Waals surface area contributed by atoms with E-state index >= 15 is 0 Å². The number of carbonyl (C=O) groups is 1. The molecule has 2 aromatic carbocycles. The van der Waals surface area contributed by atoms with Gasteiger partial charge in [-0.05, 0) is 23.3 Å². The van der Waals surface area contributed by atoms with E-state index in [0.717, 1.165) is 17.2 Å². The maximum absolute atomic E-state index is 12.0. The molecule has 3 rings (SSSR count). The van der Waals surface area contributed by atoms with E-state index in [1.807, 2.05) is 42.5 Å². The third-order valence-corrected chi connectivity index (χ3v) is 3.23. The van der Waals surface area contributed by atoms with Crippen LogP contribution in [0.3, 0.4) is 0 Å². The van der Waals surface area contributed by atoms with E-state index in [2.05, 4.69) is 0 Å². The van der Waals surface area contributed by atoms with E-state index in [1.165, 1.54) is 0 Å². The molecule has 0 atom stereocenters. The number of hydrogen-bond donors (Lipinski definition) is 1. The first kappa shape index (κ1) is 13.8. The van der Waals surface area contributed by atoms with Crippen LogP contribution in [0.4, 0.5) is 0 Å². The molecule has 0 aliphatic carbocycles. The van der Waals surface area contributed by atoms with Gasteiger partial charge in [0, 0.05) is 6.07 Å². The summed E-state index contributed by atoms with van der Waals surface area (Å²) in [4.78, 5) is 22.9. The molecule has 108 valence electrons. The number of benzene rings is 2. The van der Waals surface area contributed by atoms with Gasteiger partial charge in [0.2, 0.25) is 5.76 Å². The number of fused-ring (bicyclic) bond motifs is 1. The molecular weight excluding hydrogens is 280 g/mol. The van der Waals surface area contributed by atoms with Crippen LogP contribution in [-0.4, -0.2) is 11.1 Å². The Morgan fingerprint density at radius 2 is 1.68 bits per heavy atom. The van der Waals surface area contributed by atoms with Gasteiger partial charge in [0.05, 0.1) is 5.39 Å². The quantitative estimate of drug-likeness (QED) is 0.748. The van der Waals surface area contributed by atoms with Crippen LogP contribution in [0.15, 0.2) is 63.8 Å². The average Bonchev–Trinajstić information content (AvgIpc) is 2.54. The van der Waals surface area contributed by atoms with Crippen molar-refractivity contribution in [2.24, 2.45) is 0 Å². The van der Waals surface area contributed by atoms with Crippen LogP contribution < -0.4 is 5.43 Å². The summed E-state index contributed by atoms with van der Waals surface area (Å²) in [6.07, 6.45) is 3.83. The maximum atomic E-state index is 12.0. The number of hydrogen-bond acceptors (Lipinski definition) is 3. The largest absolute Gasteiger partial charge is 0.475 e. The number of carboxylic acids is 1. The van der Waals surface area contributed by atoms with Crippen molar-refractivity contribution in [3.8, 4) is 0 Å². The van der Waals surface area contributed by atoms with E-state index in [1.54, 1.807) is 18.2 Å². The van der Waals surface area contributed by atoms with Crippen molar-refractivity contribution in [2.75, 3.05) is 0 Å². The molecule has 0 aliphatic rings. The van der Waals surface area contributed by atoms with Crippen LogP contribution in [0.5, 0.6) is 0 Å². The van der Waals surface area contributed by atoms with Gasteiger partial charge in [-0.2, -0.15) is 0 Å². The lowest BCUT2D eigenvalue weighted by molar-refractivity contribution is 0.0663. The lowest BCUT2D eigenvalue weighted by Crippen LogP contribution is -2.06. The van der Waals surface area contributed by atoms with Crippen molar-refractivity contribution in [3.63, 3.8) is 0 Å². The molecule has 4 nitrogen and oxygen atoms in total. The molecule has 0 bridgehead atoms. The van der Waals surface area contributed by atoms with Gasteiger partial charge in [0.1, 0.15) is 5.58 Å². The average molecular weight is 292 g/mol. The normalized spacial score (nSPS) is 11.1. The van der Waals surface area contributed by atoms with Crippen LogP contribution in [0.25, 0.3) is 23.1 Å². The molecule has 0 saturated carbocycles. The highest BCUT2D eigenvalue weighted by Gasteiger charge is 2.10. The molecule has 4 heteroatoms. The molecule has 0 saturated heterocycles. The first-order valence-corrected chi connectivity index (χ1v) is 6.68. The van der Waals surface area contributed by atoms with E-state index in [0.29, 0.717) is 5.39 Å². The Morgan fingerprint density at radius 1 is 0.955 bits per heavy atom. The summed E-state index contributed by atoms with van der Waals surface area (Å²) in [5, 5.41) is 9.25. The molecule has 0 aliphatic heterocycles. The molecule has 0 spiro atoms. The van der Waals surface area contributed by atoms with Gasteiger partial charge in [0.25, 0.3) is 0 Å². The molecule has 22 heavy (non-hydrogen) atoms. The molecule has 0 radical (unpaired) electrons. The van der Waals surface area contributed by atoms with E-state index in [9.17, 15) is 9.59 Å². The van der Waals surface area contributed by atoms with Crippen LogP contribution >= 0.6 is 0 Å².